The van der Waals surface area contributed by atoms with Gasteiger partial charge in [-0.1, -0.05) is 0 Å². The maximum Gasteiger partial charge on any atom is 0.125 e. The molecule has 2 aromatic rings. The van der Waals surface area contributed by atoms with Gasteiger partial charge in [0.2, 0.25) is 0 Å². The third-order valence-electron chi connectivity index (χ3n) is 2.93. The summed E-state index contributed by atoms with van der Waals surface area (Å²) in [7, 11) is 1.58. The van der Waals surface area contributed by atoms with Crippen LogP contribution in [0, 0.1) is 24.1 Å². The van der Waals surface area contributed by atoms with Crippen LogP contribution < -0.4 is 10.1 Å². The molecule has 0 atom stereocenters. The van der Waals surface area contributed by atoms with Crippen molar-refractivity contribution in [2.75, 3.05) is 12.4 Å². The van der Waals surface area contributed by atoms with Crippen LogP contribution in [0.4, 0.5) is 10.1 Å². The van der Waals surface area contributed by atoms with Gasteiger partial charge in [-0.3, -0.25) is 0 Å². The van der Waals surface area contributed by atoms with Crippen molar-refractivity contribution in [3.63, 3.8) is 0 Å². The Hall–Kier alpha value is -2.54. The van der Waals surface area contributed by atoms with Gasteiger partial charge >= 0.3 is 0 Å². The highest BCUT2D eigenvalue weighted by molar-refractivity contribution is 5.49. The first-order valence-electron chi connectivity index (χ1n) is 6.20. The van der Waals surface area contributed by atoms with E-state index in [1.807, 2.05) is 13.0 Å². The number of nitrogens with one attached hydrogen (secondary N) is 1. The second-order valence-electron chi connectivity index (χ2n) is 4.51. The molecular weight excluding hydrogens is 255 g/mol. The van der Waals surface area contributed by atoms with Crippen LogP contribution in [-0.4, -0.2) is 7.11 Å². The highest BCUT2D eigenvalue weighted by atomic mass is 19.1. The number of nitrogens with zero attached hydrogens (tertiary/aromatic N) is 1. The van der Waals surface area contributed by atoms with Gasteiger partial charge in [0.05, 0.1) is 18.7 Å². The van der Waals surface area contributed by atoms with E-state index in [4.69, 9.17) is 10.00 Å². The Labute approximate surface area is 117 Å². The molecule has 0 radical (unpaired) electrons. The van der Waals surface area contributed by atoms with Gasteiger partial charge in [-0.05, 0) is 48.9 Å². The zero-order chi connectivity index (χ0) is 14.5. The van der Waals surface area contributed by atoms with Crippen LogP contribution >= 0.6 is 0 Å². The summed E-state index contributed by atoms with van der Waals surface area (Å²) in [6.07, 6.45) is 0. The molecule has 0 bridgehead atoms. The van der Waals surface area contributed by atoms with Gasteiger partial charge in [-0.25, -0.2) is 4.39 Å². The molecule has 3 nitrogen and oxygen atoms in total. The number of ether oxygens (including phenoxy) is 1. The van der Waals surface area contributed by atoms with Crippen LogP contribution in [0.2, 0.25) is 0 Å². The fraction of sp³-hybridized carbons (Fsp3) is 0.188. The van der Waals surface area contributed by atoms with Gasteiger partial charge in [0.15, 0.2) is 0 Å². The van der Waals surface area contributed by atoms with Crippen molar-refractivity contribution in [2.45, 2.75) is 13.5 Å². The molecule has 0 fully saturated rings. The maximum absolute atomic E-state index is 13.3. The summed E-state index contributed by atoms with van der Waals surface area (Å²) in [6, 6.07) is 12.1. The Morgan fingerprint density at radius 1 is 1.25 bits per heavy atom. The standard InChI is InChI=1S/C16H15FN2O/c1-11-5-14(17)8-15(6-11)19-10-13-7-12(9-18)3-4-16(13)20-2/h3-8,19H,10H2,1-2H3. The molecule has 0 heterocycles. The molecule has 4 heteroatoms. The van der Waals surface area contributed by atoms with Gasteiger partial charge in [0.1, 0.15) is 11.6 Å². The molecule has 0 saturated heterocycles. The van der Waals surface area contributed by atoms with E-state index in [1.165, 1.54) is 12.1 Å². The van der Waals surface area contributed by atoms with Crippen LogP contribution in [0.5, 0.6) is 5.75 Å². The van der Waals surface area contributed by atoms with Crippen molar-refractivity contribution < 1.29 is 9.13 Å². The van der Waals surface area contributed by atoms with Crippen LogP contribution in [0.25, 0.3) is 0 Å². The van der Waals surface area contributed by atoms with Gasteiger partial charge < -0.3 is 10.1 Å². The number of methoxy groups -OCH3 is 1. The fourth-order valence-corrected chi connectivity index (χ4v) is 2.02. The zero-order valence-electron chi connectivity index (χ0n) is 11.4. The summed E-state index contributed by atoms with van der Waals surface area (Å²) in [5.41, 5.74) is 2.98. The summed E-state index contributed by atoms with van der Waals surface area (Å²) >= 11 is 0. The summed E-state index contributed by atoms with van der Waals surface area (Å²) in [5.74, 6) is 0.426. The van der Waals surface area contributed by atoms with Crippen molar-refractivity contribution in [1.29, 1.82) is 5.26 Å². The van der Waals surface area contributed by atoms with E-state index in [2.05, 4.69) is 11.4 Å². The first-order chi connectivity index (χ1) is 9.62. The Morgan fingerprint density at radius 2 is 2.05 bits per heavy atom. The quantitative estimate of drug-likeness (QED) is 0.922. The molecule has 1 N–H and O–H groups in total. The number of anilines is 1. The summed E-state index contributed by atoms with van der Waals surface area (Å²) in [6.45, 7) is 2.30. The van der Waals surface area contributed by atoms with Crippen molar-refractivity contribution in [2.24, 2.45) is 0 Å². The third kappa shape index (κ3) is 3.27. The lowest BCUT2D eigenvalue weighted by molar-refractivity contribution is 0.410. The third-order valence-corrected chi connectivity index (χ3v) is 2.93. The number of benzene rings is 2. The molecular formula is C16H15FN2O. The minimum absolute atomic E-state index is 0.273. The Balaban J connectivity index is 2.19. The first-order valence-corrected chi connectivity index (χ1v) is 6.20. The van der Waals surface area contributed by atoms with Crippen LogP contribution in [-0.2, 0) is 6.54 Å². The predicted octanol–water partition coefficient (Wildman–Crippen LogP) is 3.63. The van der Waals surface area contributed by atoms with E-state index in [0.717, 1.165) is 11.1 Å². The molecule has 0 saturated carbocycles. The molecule has 0 aliphatic rings. The van der Waals surface area contributed by atoms with E-state index in [-0.39, 0.29) is 5.82 Å². The molecule has 2 aromatic carbocycles. The van der Waals surface area contributed by atoms with E-state index >= 15 is 0 Å². The molecule has 20 heavy (non-hydrogen) atoms. The van der Waals surface area contributed by atoms with Crippen LogP contribution in [0.1, 0.15) is 16.7 Å². The van der Waals surface area contributed by atoms with E-state index in [0.29, 0.717) is 23.5 Å². The van der Waals surface area contributed by atoms with Crippen LogP contribution in [0.3, 0.4) is 0 Å². The Kier molecular flexibility index (Phi) is 4.21. The van der Waals surface area contributed by atoms with Gasteiger partial charge in [-0.15, -0.1) is 0 Å². The molecule has 0 amide bonds. The Morgan fingerprint density at radius 3 is 2.70 bits per heavy atom. The normalized spacial score (nSPS) is 9.90. The maximum atomic E-state index is 13.3. The lowest BCUT2D eigenvalue weighted by Gasteiger charge is -2.11. The minimum atomic E-state index is -0.273. The molecule has 2 rings (SSSR count). The molecule has 0 spiro atoms. The molecule has 0 aliphatic heterocycles. The summed E-state index contributed by atoms with van der Waals surface area (Å²) < 4.78 is 18.6. The highest BCUT2D eigenvalue weighted by Crippen LogP contribution is 2.21. The van der Waals surface area contributed by atoms with Gasteiger partial charge in [0, 0.05) is 17.8 Å². The second-order valence-corrected chi connectivity index (χ2v) is 4.51. The molecule has 102 valence electrons. The topological polar surface area (TPSA) is 45.0 Å². The van der Waals surface area contributed by atoms with Crippen molar-refractivity contribution in [3.8, 4) is 11.8 Å². The summed E-state index contributed by atoms with van der Waals surface area (Å²) in [5, 5.41) is 12.1. The van der Waals surface area contributed by atoms with Gasteiger partial charge in [0.25, 0.3) is 0 Å². The molecule has 0 aliphatic carbocycles. The number of hydrogen-bond acceptors (Lipinski definition) is 3. The number of aryl methyl sites for hydroxylation is 1. The Bertz CT molecular complexity index is 642. The van der Waals surface area contributed by atoms with Crippen molar-refractivity contribution in [3.05, 3.63) is 58.9 Å². The first kappa shape index (κ1) is 13.9. The lowest BCUT2D eigenvalue weighted by atomic mass is 10.1. The van der Waals surface area contributed by atoms with E-state index in [9.17, 15) is 4.39 Å². The zero-order valence-corrected chi connectivity index (χ0v) is 11.4. The number of nitriles is 1. The highest BCUT2D eigenvalue weighted by Gasteiger charge is 2.05. The monoisotopic (exact) mass is 270 g/mol. The SMILES string of the molecule is COc1ccc(C#N)cc1CNc1cc(C)cc(F)c1. The minimum Gasteiger partial charge on any atom is -0.496 e. The van der Waals surface area contributed by atoms with Gasteiger partial charge in [-0.2, -0.15) is 5.26 Å². The van der Waals surface area contributed by atoms with Crippen LogP contribution in [0.15, 0.2) is 36.4 Å². The summed E-state index contributed by atoms with van der Waals surface area (Å²) in [4.78, 5) is 0. The molecule has 0 unspecified atom stereocenters. The largest absolute Gasteiger partial charge is 0.496 e. The predicted molar refractivity (Wildman–Crippen MR) is 76.2 cm³/mol. The molecule has 0 aromatic heterocycles. The van der Waals surface area contributed by atoms with E-state index in [1.54, 1.807) is 25.3 Å². The second kappa shape index (κ2) is 6.07. The average molecular weight is 270 g/mol. The lowest BCUT2D eigenvalue weighted by Crippen LogP contribution is -2.03. The van der Waals surface area contributed by atoms with E-state index < -0.39 is 0 Å². The number of halogens is 1. The number of rotatable bonds is 4. The van der Waals surface area contributed by atoms with Crippen molar-refractivity contribution in [1.82, 2.24) is 0 Å². The fourth-order valence-electron chi connectivity index (χ4n) is 2.02. The smallest absolute Gasteiger partial charge is 0.125 e. The van der Waals surface area contributed by atoms with Crippen molar-refractivity contribution >= 4 is 5.69 Å². The number of hydrogen-bond donors (Lipinski definition) is 1. The average Bonchev–Trinajstić information content (AvgIpc) is 2.43.